The molecule has 1 aliphatic heterocycles. The van der Waals surface area contributed by atoms with Crippen LogP contribution in [0, 0.1) is 18.8 Å². The fourth-order valence-corrected chi connectivity index (χ4v) is 4.97. The molecular weight excluding hydrogens is 395 g/mol. The fourth-order valence-electron chi connectivity index (χ4n) is 4.97. The summed E-state index contributed by atoms with van der Waals surface area (Å²) in [6.07, 6.45) is -1.42. The van der Waals surface area contributed by atoms with Crippen molar-refractivity contribution in [2.45, 2.75) is 31.9 Å². The largest absolute Gasteiger partial charge is 0.416 e. The lowest BCUT2D eigenvalue weighted by Crippen LogP contribution is -2.30. The van der Waals surface area contributed by atoms with Crippen molar-refractivity contribution in [3.63, 3.8) is 0 Å². The van der Waals surface area contributed by atoms with Crippen LogP contribution in [0.1, 0.15) is 46.2 Å². The van der Waals surface area contributed by atoms with E-state index in [0.29, 0.717) is 37.3 Å². The Labute approximate surface area is 170 Å². The second-order valence-electron chi connectivity index (χ2n) is 8.22. The Morgan fingerprint density at radius 1 is 1.10 bits per heavy atom. The number of alkyl halides is 3. The fraction of sp³-hybridized carbons (Fsp3) is 0.429. The van der Waals surface area contributed by atoms with Crippen molar-refractivity contribution in [3.05, 3.63) is 59.2 Å². The van der Waals surface area contributed by atoms with Gasteiger partial charge in [-0.15, -0.1) is 5.10 Å². The van der Waals surface area contributed by atoms with Crippen LogP contribution in [0.3, 0.4) is 0 Å². The first-order chi connectivity index (χ1) is 14.3. The second kappa shape index (κ2) is 6.78. The first-order valence-corrected chi connectivity index (χ1v) is 9.95. The third-order valence-electron chi connectivity index (χ3n) is 6.37. The lowest BCUT2D eigenvalue weighted by molar-refractivity contribution is -0.138. The Morgan fingerprint density at radius 2 is 1.80 bits per heavy atom. The smallest absolute Gasteiger partial charge is 0.335 e. The maximum Gasteiger partial charge on any atom is 0.416 e. The van der Waals surface area contributed by atoms with Crippen molar-refractivity contribution in [2.24, 2.45) is 11.8 Å². The summed E-state index contributed by atoms with van der Waals surface area (Å²) in [7, 11) is 0. The predicted octanol–water partition coefficient (Wildman–Crippen LogP) is 3.72. The van der Waals surface area contributed by atoms with Crippen molar-refractivity contribution in [1.82, 2.24) is 24.5 Å². The predicted molar refractivity (Wildman–Crippen MR) is 102 cm³/mol. The van der Waals surface area contributed by atoms with Crippen molar-refractivity contribution < 1.29 is 18.0 Å². The van der Waals surface area contributed by atoms with E-state index < -0.39 is 11.7 Å². The van der Waals surface area contributed by atoms with E-state index >= 15 is 0 Å². The molecule has 2 fully saturated rings. The van der Waals surface area contributed by atoms with Crippen molar-refractivity contribution in [2.75, 3.05) is 13.1 Å². The van der Waals surface area contributed by atoms with Gasteiger partial charge in [0.25, 0.3) is 11.7 Å². The quantitative estimate of drug-likeness (QED) is 0.640. The molecular formula is C21H20F3N5O. The van der Waals surface area contributed by atoms with Crippen LogP contribution in [0.2, 0.25) is 0 Å². The third-order valence-corrected chi connectivity index (χ3v) is 6.37. The first-order valence-electron chi connectivity index (χ1n) is 9.95. The van der Waals surface area contributed by atoms with Crippen LogP contribution in [0.25, 0.3) is 5.78 Å². The molecule has 3 aromatic rings. The average molecular weight is 415 g/mol. The van der Waals surface area contributed by atoms with E-state index in [1.807, 2.05) is 6.92 Å². The maximum atomic E-state index is 13.4. The number of carbonyl (C=O) groups excluding carboxylic acids is 1. The Kier molecular flexibility index (Phi) is 4.30. The van der Waals surface area contributed by atoms with Gasteiger partial charge < -0.3 is 4.90 Å². The second-order valence-corrected chi connectivity index (χ2v) is 8.22. The van der Waals surface area contributed by atoms with E-state index in [2.05, 4.69) is 15.1 Å². The molecule has 0 radical (unpaired) electrons. The van der Waals surface area contributed by atoms with Crippen LogP contribution in [0.15, 0.2) is 36.5 Å². The number of aryl methyl sites for hydroxylation is 1. The molecule has 2 aromatic heterocycles. The summed E-state index contributed by atoms with van der Waals surface area (Å²) in [5.41, 5.74) is 0.663. The van der Waals surface area contributed by atoms with Crippen molar-refractivity contribution in [1.29, 1.82) is 0 Å². The van der Waals surface area contributed by atoms with Crippen molar-refractivity contribution >= 4 is 11.7 Å². The highest BCUT2D eigenvalue weighted by Crippen LogP contribution is 2.48. The molecule has 3 heterocycles. The van der Waals surface area contributed by atoms with Crippen LogP contribution in [-0.4, -0.2) is 43.5 Å². The third kappa shape index (κ3) is 3.12. The zero-order chi connectivity index (χ0) is 21.0. The molecule has 0 spiro atoms. The highest BCUT2D eigenvalue weighted by molar-refractivity contribution is 5.91. The summed E-state index contributed by atoms with van der Waals surface area (Å²) in [6.45, 7) is 2.91. The van der Waals surface area contributed by atoms with Crippen molar-refractivity contribution in [3.8, 4) is 0 Å². The molecule has 2 aliphatic rings. The standard InChI is InChI=1S/C21H20F3N5O/c1-12-6-7-25-20-26-18(27-29(12)20)19(30)28-10-14-8-13(9-15(14)11-28)16-4-2-3-5-17(16)21(22,23)24/h2-7,13-15H,8-11H2,1H3/t13?,14-,15?/m1/s1. The molecule has 3 atom stereocenters. The van der Waals surface area contributed by atoms with Gasteiger partial charge in [0.2, 0.25) is 5.82 Å². The van der Waals surface area contributed by atoms with E-state index in [9.17, 15) is 18.0 Å². The van der Waals surface area contributed by atoms with E-state index in [4.69, 9.17) is 0 Å². The van der Waals surface area contributed by atoms with Crippen LogP contribution < -0.4 is 0 Å². The minimum atomic E-state index is -4.35. The van der Waals surface area contributed by atoms with Crippen LogP contribution in [-0.2, 0) is 6.18 Å². The number of aromatic nitrogens is 4. The van der Waals surface area contributed by atoms with E-state index in [0.717, 1.165) is 11.8 Å². The minimum absolute atomic E-state index is 0.107. The summed E-state index contributed by atoms with van der Waals surface area (Å²) in [6, 6.07) is 7.63. The van der Waals surface area contributed by atoms with E-state index in [-0.39, 0.29) is 29.5 Å². The number of halogens is 3. The number of benzene rings is 1. The molecule has 1 saturated carbocycles. The molecule has 1 saturated heterocycles. The molecule has 156 valence electrons. The zero-order valence-corrected chi connectivity index (χ0v) is 16.3. The Hall–Kier alpha value is -2.97. The monoisotopic (exact) mass is 415 g/mol. The number of amides is 1. The molecule has 1 aliphatic carbocycles. The number of rotatable bonds is 2. The number of likely N-dealkylation sites (tertiary alicyclic amines) is 1. The summed E-state index contributed by atoms with van der Waals surface area (Å²) in [4.78, 5) is 23.0. The summed E-state index contributed by atoms with van der Waals surface area (Å²) in [5, 5.41) is 4.28. The SMILES string of the molecule is Cc1ccnc2nc(C(=O)N3CC4CC(c5ccccc5C(F)(F)F)C[C@@H]4C3)nn12. The van der Waals surface area contributed by atoms with Gasteiger partial charge in [0.1, 0.15) is 0 Å². The van der Waals surface area contributed by atoms with Gasteiger partial charge in [-0.1, -0.05) is 18.2 Å². The molecule has 6 nitrogen and oxygen atoms in total. The van der Waals surface area contributed by atoms with E-state index in [1.165, 1.54) is 10.6 Å². The topological polar surface area (TPSA) is 63.4 Å². The number of fused-ring (bicyclic) bond motifs is 2. The van der Waals surface area contributed by atoms with Crippen LogP contribution in [0.4, 0.5) is 13.2 Å². The Balaban J connectivity index is 1.32. The van der Waals surface area contributed by atoms with Crippen LogP contribution in [0.5, 0.6) is 0 Å². The average Bonchev–Trinajstić information content (AvgIpc) is 3.40. The first kappa shape index (κ1) is 19.0. The number of carbonyl (C=O) groups is 1. The van der Waals surface area contributed by atoms with Gasteiger partial charge in [0.05, 0.1) is 5.56 Å². The molecule has 2 unspecified atom stereocenters. The van der Waals surface area contributed by atoms with E-state index in [1.54, 1.807) is 29.3 Å². The molecule has 9 heteroatoms. The molecule has 1 aromatic carbocycles. The number of nitrogens with zero attached hydrogens (tertiary/aromatic N) is 5. The van der Waals surface area contributed by atoms with Gasteiger partial charge in [-0.2, -0.15) is 18.2 Å². The molecule has 30 heavy (non-hydrogen) atoms. The van der Waals surface area contributed by atoms with Gasteiger partial charge in [-0.3, -0.25) is 4.79 Å². The highest BCUT2D eigenvalue weighted by atomic mass is 19.4. The summed E-state index contributed by atoms with van der Waals surface area (Å²) in [5.74, 6) is 0.489. The molecule has 5 rings (SSSR count). The van der Waals surface area contributed by atoms with Gasteiger partial charge in [0, 0.05) is 25.0 Å². The summed E-state index contributed by atoms with van der Waals surface area (Å²) >= 11 is 0. The lowest BCUT2D eigenvalue weighted by atomic mass is 9.91. The van der Waals surface area contributed by atoms with Gasteiger partial charge >= 0.3 is 6.18 Å². The summed E-state index contributed by atoms with van der Waals surface area (Å²) < 4.78 is 41.7. The maximum absolute atomic E-state index is 13.4. The van der Waals surface area contributed by atoms with Gasteiger partial charge in [-0.05, 0) is 55.2 Å². The van der Waals surface area contributed by atoms with Gasteiger partial charge in [-0.25, -0.2) is 9.50 Å². The molecule has 0 N–H and O–H groups in total. The number of hydrogen-bond donors (Lipinski definition) is 0. The minimum Gasteiger partial charge on any atom is -0.335 e. The van der Waals surface area contributed by atoms with Gasteiger partial charge in [0.15, 0.2) is 0 Å². The molecule has 0 bridgehead atoms. The van der Waals surface area contributed by atoms with Crippen LogP contribution >= 0.6 is 0 Å². The Bertz CT molecular complexity index is 1110. The lowest BCUT2D eigenvalue weighted by Gasteiger charge is -2.21. The normalized spacial score (nSPS) is 23.9. The number of hydrogen-bond acceptors (Lipinski definition) is 4. The zero-order valence-electron chi connectivity index (χ0n) is 16.3. The highest BCUT2D eigenvalue weighted by Gasteiger charge is 2.45. The Morgan fingerprint density at radius 3 is 2.47 bits per heavy atom. The molecule has 1 amide bonds.